The Morgan fingerprint density at radius 2 is 2.24 bits per heavy atom. The van der Waals surface area contributed by atoms with Crippen molar-refractivity contribution in [3.63, 3.8) is 0 Å². The molecule has 1 saturated carbocycles. The molecular weight excluding hydrogens is 232 g/mol. The van der Waals surface area contributed by atoms with Crippen LogP contribution in [-0.2, 0) is 4.79 Å². The Bertz CT molecular complexity index is 277. The third-order valence-electron chi connectivity index (χ3n) is 4.25. The van der Waals surface area contributed by atoms with E-state index in [1.54, 1.807) is 0 Å². The third kappa shape index (κ3) is 3.16. The molecule has 0 aromatic heterocycles. The normalized spacial score (nSPS) is 27.8. The fourth-order valence-electron chi connectivity index (χ4n) is 2.91. The van der Waals surface area contributed by atoms with Gasteiger partial charge in [0, 0.05) is 12.0 Å². The molecule has 1 aliphatic carbocycles. The summed E-state index contributed by atoms with van der Waals surface area (Å²) in [4.78, 5) is 12.1. The first kappa shape index (κ1) is 13.2. The zero-order chi connectivity index (χ0) is 12.3. The molecule has 2 atom stereocenters. The standard InChI is InChI=1S/C13H24N2OS/c1-10(3-8-17-2)15-12(16)11-9-13(11)4-6-14-7-5-13/h10-11,14H,3-9H2,1-2H3,(H,15,16). The van der Waals surface area contributed by atoms with Crippen molar-refractivity contribution in [2.24, 2.45) is 11.3 Å². The number of carbonyl (C=O) groups is 1. The number of amides is 1. The summed E-state index contributed by atoms with van der Waals surface area (Å²) in [5.74, 6) is 1.74. The number of thioether (sulfide) groups is 1. The van der Waals surface area contributed by atoms with Crippen LogP contribution in [0.15, 0.2) is 0 Å². The van der Waals surface area contributed by atoms with E-state index in [1.165, 1.54) is 12.8 Å². The average molecular weight is 256 g/mol. The quantitative estimate of drug-likeness (QED) is 0.785. The van der Waals surface area contributed by atoms with Crippen molar-refractivity contribution in [2.45, 2.75) is 38.6 Å². The maximum Gasteiger partial charge on any atom is 0.223 e. The number of piperidine rings is 1. The molecule has 98 valence electrons. The summed E-state index contributed by atoms with van der Waals surface area (Å²) in [5.41, 5.74) is 0.370. The molecule has 0 radical (unpaired) electrons. The zero-order valence-electron chi connectivity index (χ0n) is 10.9. The predicted octanol–water partition coefficient (Wildman–Crippen LogP) is 1.63. The molecule has 2 aliphatic rings. The van der Waals surface area contributed by atoms with Crippen molar-refractivity contribution >= 4 is 17.7 Å². The van der Waals surface area contributed by atoms with Gasteiger partial charge in [-0.15, -0.1) is 0 Å². The van der Waals surface area contributed by atoms with Crippen molar-refractivity contribution < 1.29 is 4.79 Å². The zero-order valence-corrected chi connectivity index (χ0v) is 11.7. The highest BCUT2D eigenvalue weighted by Gasteiger charge is 2.57. The van der Waals surface area contributed by atoms with Gasteiger partial charge in [0.05, 0.1) is 0 Å². The highest BCUT2D eigenvalue weighted by Crippen LogP contribution is 2.58. The van der Waals surface area contributed by atoms with Crippen LogP contribution < -0.4 is 10.6 Å². The maximum absolute atomic E-state index is 12.1. The summed E-state index contributed by atoms with van der Waals surface area (Å²) < 4.78 is 0. The molecule has 4 heteroatoms. The van der Waals surface area contributed by atoms with E-state index in [0.717, 1.165) is 31.7 Å². The molecule has 1 saturated heterocycles. The van der Waals surface area contributed by atoms with Gasteiger partial charge in [0.2, 0.25) is 5.91 Å². The Morgan fingerprint density at radius 3 is 2.88 bits per heavy atom. The van der Waals surface area contributed by atoms with Crippen LogP contribution in [-0.4, -0.2) is 37.0 Å². The minimum absolute atomic E-state index is 0.306. The van der Waals surface area contributed by atoms with Crippen molar-refractivity contribution in [1.29, 1.82) is 0 Å². The highest BCUT2D eigenvalue weighted by molar-refractivity contribution is 7.98. The molecule has 1 heterocycles. The fourth-order valence-corrected chi connectivity index (χ4v) is 3.50. The van der Waals surface area contributed by atoms with Gasteiger partial charge in [-0.2, -0.15) is 11.8 Å². The first-order chi connectivity index (χ1) is 8.18. The van der Waals surface area contributed by atoms with E-state index in [4.69, 9.17) is 0 Å². The van der Waals surface area contributed by atoms with Crippen LogP contribution in [0, 0.1) is 11.3 Å². The molecule has 3 nitrogen and oxygen atoms in total. The first-order valence-electron chi connectivity index (χ1n) is 6.68. The summed E-state index contributed by atoms with van der Waals surface area (Å²) in [6.07, 6.45) is 6.68. The SMILES string of the molecule is CSCCC(C)NC(=O)C1CC12CCNCC2. The van der Waals surface area contributed by atoms with E-state index in [2.05, 4.69) is 23.8 Å². The molecule has 0 aromatic rings. The number of carbonyl (C=O) groups excluding carboxylic acids is 1. The second kappa shape index (κ2) is 5.61. The summed E-state index contributed by atoms with van der Waals surface area (Å²) in [6, 6.07) is 0.328. The van der Waals surface area contributed by atoms with Gasteiger partial charge in [0.25, 0.3) is 0 Å². The lowest BCUT2D eigenvalue weighted by Crippen LogP contribution is -2.37. The van der Waals surface area contributed by atoms with E-state index in [1.807, 2.05) is 11.8 Å². The van der Waals surface area contributed by atoms with Crippen LogP contribution in [0.1, 0.15) is 32.6 Å². The van der Waals surface area contributed by atoms with Gasteiger partial charge in [0.15, 0.2) is 0 Å². The predicted molar refractivity (Wildman–Crippen MR) is 73.2 cm³/mol. The molecule has 0 bridgehead atoms. The van der Waals surface area contributed by atoms with E-state index in [9.17, 15) is 4.79 Å². The van der Waals surface area contributed by atoms with E-state index in [-0.39, 0.29) is 0 Å². The van der Waals surface area contributed by atoms with Crippen molar-refractivity contribution in [3.8, 4) is 0 Å². The maximum atomic E-state index is 12.1. The molecular formula is C13H24N2OS. The van der Waals surface area contributed by atoms with Gasteiger partial charge in [-0.25, -0.2) is 0 Å². The van der Waals surface area contributed by atoms with Crippen molar-refractivity contribution in [3.05, 3.63) is 0 Å². The average Bonchev–Trinajstić information content (AvgIpc) is 3.01. The van der Waals surface area contributed by atoms with Crippen LogP contribution in [0.4, 0.5) is 0 Å². The summed E-state index contributed by atoms with van der Waals surface area (Å²) in [6.45, 7) is 4.29. The second-order valence-electron chi connectivity index (χ2n) is 5.56. The molecule has 2 unspecified atom stereocenters. The number of nitrogens with one attached hydrogen (secondary N) is 2. The monoisotopic (exact) mass is 256 g/mol. The van der Waals surface area contributed by atoms with Gasteiger partial charge in [-0.1, -0.05) is 0 Å². The first-order valence-corrected chi connectivity index (χ1v) is 8.07. The van der Waals surface area contributed by atoms with Crippen LogP contribution in [0.2, 0.25) is 0 Å². The lowest BCUT2D eigenvalue weighted by Gasteiger charge is -2.23. The smallest absolute Gasteiger partial charge is 0.223 e. The Balaban J connectivity index is 1.74. The number of rotatable bonds is 5. The number of hydrogen-bond donors (Lipinski definition) is 2. The van der Waals surface area contributed by atoms with E-state index >= 15 is 0 Å². The molecule has 0 aromatic carbocycles. The Hall–Kier alpha value is -0.220. The molecule has 1 spiro atoms. The second-order valence-corrected chi connectivity index (χ2v) is 6.55. The molecule has 2 rings (SSSR count). The van der Waals surface area contributed by atoms with E-state index in [0.29, 0.717) is 23.3 Å². The Labute approximate surface area is 108 Å². The molecule has 17 heavy (non-hydrogen) atoms. The van der Waals surface area contributed by atoms with Crippen LogP contribution in [0.5, 0.6) is 0 Å². The summed E-state index contributed by atoms with van der Waals surface area (Å²) >= 11 is 1.84. The van der Waals surface area contributed by atoms with Gasteiger partial charge in [-0.3, -0.25) is 4.79 Å². The number of hydrogen-bond acceptors (Lipinski definition) is 3. The minimum atomic E-state index is 0.306. The largest absolute Gasteiger partial charge is 0.353 e. The van der Waals surface area contributed by atoms with Gasteiger partial charge in [0.1, 0.15) is 0 Å². The molecule has 2 fully saturated rings. The van der Waals surface area contributed by atoms with Crippen LogP contribution in [0.25, 0.3) is 0 Å². The summed E-state index contributed by atoms with van der Waals surface area (Å²) in [7, 11) is 0. The molecule has 1 amide bonds. The van der Waals surface area contributed by atoms with E-state index < -0.39 is 0 Å². The summed E-state index contributed by atoms with van der Waals surface area (Å²) in [5, 5.41) is 6.55. The molecule has 1 aliphatic heterocycles. The van der Waals surface area contributed by atoms with Crippen molar-refractivity contribution in [2.75, 3.05) is 25.1 Å². The van der Waals surface area contributed by atoms with Crippen LogP contribution in [0.3, 0.4) is 0 Å². The lowest BCUT2D eigenvalue weighted by molar-refractivity contribution is -0.123. The molecule has 2 N–H and O–H groups in total. The lowest BCUT2D eigenvalue weighted by atomic mass is 9.91. The fraction of sp³-hybridized carbons (Fsp3) is 0.923. The van der Waals surface area contributed by atoms with Gasteiger partial charge < -0.3 is 10.6 Å². The Morgan fingerprint density at radius 1 is 1.53 bits per heavy atom. The minimum Gasteiger partial charge on any atom is -0.353 e. The Kier molecular flexibility index (Phi) is 4.36. The van der Waals surface area contributed by atoms with Gasteiger partial charge >= 0.3 is 0 Å². The van der Waals surface area contributed by atoms with Crippen LogP contribution >= 0.6 is 11.8 Å². The topological polar surface area (TPSA) is 41.1 Å². The highest BCUT2D eigenvalue weighted by atomic mass is 32.2. The van der Waals surface area contributed by atoms with Crippen molar-refractivity contribution in [1.82, 2.24) is 10.6 Å². The third-order valence-corrected chi connectivity index (χ3v) is 4.89. The van der Waals surface area contributed by atoms with Gasteiger partial charge in [-0.05, 0) is 63.1 Å².